The van der Waals surface area contributed by atoms with E-state index in [2.05, 4.69) is 40.8 Å². The van der Waals surface area contributed by atoms with Crippen LogP contribution in [0, 0.1) is 0 Å². The molecule has 11 nitrogen and oxygen atoms in total. The van der Waals surface area contributed by atoms with E-state index in [9.17, 15) is 4.79 Å². The number of nitrogens with zero attached hydrogens (tertiary/aromatic N) is 4. The molecule has 0 fully saturated rings. The normalized spacial score (nSPS) is 11.9. The molecule has 0 aliphatic rings. The van der Waals surface area contributed by atoms with Crippen molar-refractivity contribution in [3.05, 3.63) is 84.9 Å². The summed E-state index contributed by atoms with van der Waals surface area (Å²) in [6.07, 6.45) is 9.13. The van der Waals surface area contributed by atoms with Gasteiger partial charge in [-0.1, -0.05) is 0 Å². The van der Waals surface area contributed by atoms with E-state index < -0.39 is 0 Å². The minimum Gasteiger partial charge on any atom is -0.405 e. The van der Waals surface area contributed by atoms with Gasteiger partial charge in [0.1, 0.15) is 11.5 Å². The van der Waals surface area contributed by atoms with Crippen LogP contribution in [0.15, 0.2) is 79.2 Å². The Balaban J connectivity index is 1.39. The third-order valence-electron chi connectivity index (χ3n) is 5.05. The summed E-state index contributed by atoms with van der Waals surface area (Å²) in [5.41, 5.74) is 15.4. The molecule has 0 aliphatic heterocycles. The first kappa shape index (κ1) is 20.7. The first-order valence-corrected chi connectivity index (χ1v) is 10.3. The number of fused-ring (bicyclic) bond motifs is 2. The number of benzene rings is 1. The molecular formula is C23H20N10O. The number of rotatable bonds is 6. The highest BCUT2D eigenvalue weighted by Crippen LogP contribution is 2.24. The highest BCUT2D eigenvalue weighted by Gasteiger charge is 2.13. The second-order valence-electron chi connectivity index (χ2n) is 7.34. The van der Waals surface area contributed by atoms with Crippen LogP contribution in [0.4, 0.5) is 11.5 Å². The van der Waals surface area contributed by atoms with Gasteiger partial charge in [0, 0.05) is 35.2 Å². The van der Waals surface area contributed by atoms with Crippen molar-refractivity contribution in [2.24, 2.45) is 11.5 Å². The Morgan fingerprint density at radius 1 is 1.03 bits per heavy atom. The monoisotopic (exact) mass is 452 g/mol. The smallest absolute Gasteiger partial charge is 0.272 e. The molecule has 1 aromatic carbocycles. The molecule has 0 saturated heterocycles. The zero-order valence-electron chi connectivity index (χ0n) is 17.8. The number of hydrogen-bond donors (Lipinski definition) is 6. The van der Waals surface area contributed by atoms with Gasteiger partial charge in [0.25, 0.3) is 5.91 Å². The molecule has 5 rings (SSSR count). The van der Waals surface area contributed by atoms with E-state index >= 15 is 0 Å². The molecule has 11 heteroatoms. The summed E-state index contributed by atoms with van der Waals surface area (Å²) in [7, 11) is 0. The number of amides is 1. The predicted molar refractivity (Wildman–Crippen MR) is 130 cm³/mol. The average molecular weight is 452 g/mol. The first-order chi connectivity index (χ1) is 16.6. The van der Waals surface area contributed by atoms with Crippen LogP contribution < -0.4 is 22.1 Å². The minimum atomic E-state index is -0.369. The highest BCUT2D eigenvalue weighted by atomic mass is 16.1. The molecule has 4 aromatic heterocycles. The number of aromatic amines is 2. The Bertz CT molecular complexity index is 1560. The lowest BCUT2D eigenvalue weighted by Gasteiger charge is -2.07. The summed E-state index contributed by atoms with van der Waals surface area (Å²) in [6.45, 7) is 0. The average Bonchev–Trinajstić information content (AvgIpc) is 3.50. The number of nitrogens with two attached hydrogens (primary N) is 2. The van der Waals surface area contributed by atoms with Gasteiger partial charge in [-0.25, -0.2) is 9.97 Å². The lowest BCUT2D eigenvalue weighted by Crippen LogP contribution is -2.23. The quantitative estimate of drug-likeness (QED) is 0.213. The van der Waals surface area contributed by atoms with Crippen molar-refractivity contribution in [3.8, 4) is 11.4 Å². The maximum atomic E-state index is 12.5. The summed E-state index contributed by atoms with van der Waals surface area (Å²) in [5, 5.41) is 13.9. The molecule has 0 bridgehead atoms. The molecule has 5 aromatic rings. The maximum Gasteiger partial charge on any atom is 0.272 e. The highest BCUT2D eigenvalue weighted by molar-refractivity contribution is 5.98. The van der Waals surface area contributed by atoms with Gasteiger partial charge in [-0.05, 0) is 48.7 Å². The number of anilines is 2. The topological polar surface area (TPSA) is 176 Å². The molecule has 0 radical (unpaired) electrons. The molecule has 1 amide bonds. The van der Waals surface area contributed by atoms with Crippen LogP contribution in [0.5, 0.6) is 0 Å². The van der Waals surface area contributed by atoms with E-state index in [-0.39, 0.29) is 5.91 Å². The van der Waals surface area contributed by atoms with Crippen molar-refractivity contribution >= 4 is 39.3 Å². The summed E-state index contributed by atoms with van der Waals surface area (Å²) in [5.74, 6) is 0.755. The SMILES string of the molecule is N/C=C\C(=C/N)NC(=O)c1cc2ncc(-c3nccc(Nc4ccc5[nH]ncc5c4)n3)cc2[nH]1. The maximum absolute atomic E-state index is 12.5. The van der Waals surface area contributed by atoms with Gasteiger partial charge in [0.2, 0.25) is 0 Å². The van der Waals surface area contributed by atoms with Crippen molar-refractivity contribution in [1.29, 1.82) is 0 Å². The fourth-order valence-electron chi connectivity index (χ4n) is 3.43. The molecule has 0 aliphatic carbocycles. The molecule has 0 unspecified atom stereocenters. The summed E-state index contributed by atoms with van der Waals surface area (Å²) in [4.78, 5) is 29.0. The van der Waals surface area contributed by atoms with Crippen molar-refractivity contribution in [1.82, 2.24) is 35.5 Å². The van der Waals surface area contributed by atoms with E-state index in [1.807, 2.05) is 24.3 Å². The Labute approximate surface area is 193 Å². The number of carbonyl (C=O) groups excluding carboxylic acids is 1. The van der Waals surface area contributed by atoms with Gasteiger partial charge >= 0.3 is 0 Å². The first-order valence-electron chi connectivity index (χ1n) is 10.3. The number of pyridine rings is 1. The van der Waals surface area contributed by atoms with Crippen LogP contribution in [-0.2, 0) is 0 Å². The molecular weight excluding hydrogens is 432 g/mol. The van der Waals surface area contributed by atoms with Crippen molar-refractivity contribution in [3.63, 3.8) is 0 Å². The number of hydrogen-bond acceptors (Lipinski definition) is 8. The van der Waals surface area contributed by atoms with E-state index in [4.69, 9.17) is 11.5 Å². The number of allylic oxidation sites excluding steroid dienone is 1. The van der Waals surface area contributed by atoms with Crippen molar-refractivity contribution < 1.29 is 4.79 Å². The van der Waals surface area contributed by atoms with Gasteiger partial charge in [-0.2, -0.15) is 5.10 Å². The third-order valence-corrected chi connectivity index (χ3v) is 5.05. The number of aromatic nitrogens is 6. The Morgan fingerprint density at radius 3 is 2.79 bits per heavy atom. The number of nitrogens with one attached hydrogen (secondary N) is 4. The number of carbonyl (C=O) groups is 1. The lowest BCUT2D eigenvalue weighted by molar-refractivity contribution is 0.0963. The molecule has 0 saturated carbocycles. The molecule has 0 atom stereocenters. The zero-order valence-corrected chi connectivity index (χ0v) is 17.8. The Hall–Kier alpha value is -5.19. The predicted octanol–water partition coefficient (Wildman–Crippen LogP) is 2.64. The van der Waals surface area contributed by atoms with Crippen LogP contribution in [-0.4, -0.2) is 36.0 Å². The number of H-pyrrole nitrogens is 2. The molecule has 168 valence electrons. The molecule has 8 N–H and O–H groups in total. The van der Waals surface area contributed by atoms with Crippen LogP contribution in [0.3, 0.4) is 0 Å². The minimum absolute atomic E-state index is 0.329. The van der Waals surface area contributed by atoms with Crippen LogP contribution >= 0.6 is 0 Å². The fourth-order valence-corrected chi connectivity index (χ4v) is 3.43. The summed E-state index contributed by atoms with van der Waals surface area (Å²) >= 11 is 0. The fraction of sp³-hybridized carbons (Fsp3) is 0. The van der Waals surface area contributed by atoms with E-state index in [0.717, 1.165) is 16.6 Å². The van der Waals surface area contributed by atoms with Gasteiger partial charge in [0.15, 0.2) is 5.82 Å². The standard InChI is InChI=1S/C23H20N10O/c24-5-3-16(10-25)30-23(34)20-9-18-19(31-20)8-14(11-27-18)22-26-6-4-21(32-22)29-15-1-2-17-13(7-15)12-28-33-17/h1-12,31H,24-25H2,(H,28,33)(H,30,34)(H,26,29,32)/b5-3-,16-10+. The van der Waals surface area contributed by atoms with Crippen molar-refractivity contribution in [2.75, 3.05) is 5.32 Å². The molecule has 0 spiro atoms. The van der Waals surface area contributed by atoms with Crippen molar-refractivity contribution in [2.45, 2.75) is 0 Å². The van der Waals surface area contributed by atoms with Gasteiger partial charge in [0.05, 0.1) is 28.4 Å². The Morgan fingerprint density at radius 2 is 1.94 bits per heavy atom. The second kappa shape index (κ2) is 8.74. The van der Waals surface area contributed by atoms with E-state index in [1.165, 1.54) is 18.5 Å². The second-order valence-corrected chi connectivity index (χ2v) is 7.34. The Kier molecular flexibility index (Phi) is 5.32. The largest absolute Gasteiger partial charge is 0.405 e. The van der Waals surface area contributed by atoms with E-state index in [1.54, 1.807) is 30.7 Å². The van der Waals surface area contributed by atoms with Gasteiger partial charge in [-0.15, -0.1) is 0 Å². The lowest BCUT2D eigenvalue weighted by atomic mass is 10.2. The van der Waals surface area contributed by atoms with Crippen LogP contribution in [0.1, 0.15) is 10.5 Å². The molecule has 34 heavy (non-hydrogen) atoms. The summed E-state index contributed by atoms with van der Waals surface area (Å²) < 4.78 is 0. The summed E-state index contributed by atoms with van der Waals surface area (Å²) in [6, 6.07) is 11.1. The van der Waals surface area contributed by atoms with Gasteiger partial charge in [-0.3, -0.25) is 14.9 Å². The van der Waals surface area contributed by atoms with Crippen LogP contribution in [0.25, 0.3) is 33.3 Å². The van der Waals surface area contributed by atoms with Gasteiger partial charge < -0.3 is 27.1 Å². The zero-order chi connectivity index (χ0) is 23.5. The molecule has 4 heterocycles. The van der Waals surface area contributed by atoms with Crippen LogP contribution in [0.2, 0.25) is 0 Å². The third kappa shape index (κ3) is 4.12. The van der Waals surface area contributed by atoms with E-state index in [0.29, 0.717) is 39.6 Å².